The van der Waals surface area contributed by atoms with Crippen molar-refractivity contribution in [3.8, 4) is 0 Å². The zero-order valence-corrected chi connectivity index (χ0v) is 14.2. The first-order chi connectivity index (χ1) is 10.6. The first-order valence-electron chi connectivity index (χ1n) is 8.02. The van der Waals surface area contributed by atoms with Crippen molar-refractivity contribution in [2.45, 2.75) is 44.8 Å². The van der Waals surface area contributed by atoms with Crippen LogP contribution in [0, 0.1) is 0 Å². The summed E-state index contributed by atoms with van der Waals surface area (Å²) in [7, 11) is 0. The normalized spacial score (nSPS) is 22.9. The second-order valence-electron chi connectivity index (χ2n) is 6.20. The van der Waals surface area contributed by atoms with Crippen molar-refractivity contribution in [2.24, 2.45) is 0 Å². The fourth-order valence-electron chi connectivity index (χ4n) is 3.45. The number of rotatable bonds is 3. The molecule has 2 heterocycles. The minimum absolute atomic E-state index is 0. The number of fused-ring (bicyclic) bond motifs is 2. The molecule has 2 bridgehead atoms. The van der Waals surface area contributed by atoms with Crippen molar-refractivity contribution in [3.63, 3.8) is 0 Å². The van der Waals surface area contributed by atoms with Crippen molar-refractivity contribution in [3.05, 3.63) is 35.4 Å². The van der Waals surface area contributed by atoms with Gasteiger partial charge in [-0.2, -0.15) is 0 Å². The quantitative estimate of drug-likeness (QED) is 0.882. The summed E-state index contributed by atoms with van der Waals surface area (Å²) in [5.41, 5.74) is 1.75. The summed E-state index contributed by atoms with van der Waals surface area (Å²) in [4.78, 5) is 25.8. The van der Waals surface area contributed by atoms with E-state index in [1.807, 2.05) is 24.3 Å². The highest BCUT2D eigenvalue weighted by atomic mass is 35.5. The lowest BCUT2D eigenvalue weighted by atomic mass is 10.1. The number of halogens is 1. The highest BCUT2D eigenvalue weighted by Crippen LogP contribution is 2.29. The molecule has 0 radical (unpaired) electrons. The van der Waals surface area contributed by atoms with Gasteiger partial charge in [0.25, 0.3) is 5.91 Å². The van der Waals surface area contributed by atoms with E-state index >= 15 is 0 Å². The van der Waals surface area contributed by atoms with E-state index in [1.54, 1.807) is 0 Å². The first-order valence-corrected chi connectivity index (χ1v) is 8.02. The van der Waals surface area contributed by atoms with Gasteiger partial charge in [0, 0.05) is 37.7 Å². The zero-order chi connectivity index (χ0) is 15.5. The number of carbonyl (C=O) groups excluding carboxylic acids is 2. The summed E-state index contributed by atoms with van der Waals surface area (Å²) in [5.74, 6) is 0.0936. The Morgan fingerprint density at radius 3 is 2.57 bits per heavy atom. The Hall–Kier alpha value is -1.59. The van der Waals surface area contributed by atoms with Gasteiger partial charge >= 0.3 is 0 Å². The standard InChI is InChI=1S/C17H23N3O2.ClH/c1-12(21)19-10-13-2-4-14(5-3-13)17(22)20-15-6-7-16(20)11-18-9-8-15;/h2-5,15-16,18H,6-11H2,1H3,(H,19,21);1H. The molecular weight excluding hydrogens is 314 g/mol. The second-order valence-corrected chi connectivity index (χ2v) is 6.20. The summed E-state index contributed by atoms with van der Waals surface area (Å²) in [6.45, 7) is 3.91. The Morgan fingerprint density at radius 2 is 1.87 bits per heavy atom. The molecule has 2 atom stereocenters. The van der Waals surface area contributed by atoms with E-state index in [9.17, 15) is 9.59 Å². The van der Waals surface area contributed by atoms with E-state index in [-0.39, 0.29) is 24.2 Å². The summed E-state index contributed by atoms with van der Waals surface area (Å²) >= 11 is 0. The molecular formula is C17H24ClN3O2. The van der Waals surface area contributed by atoms with Crippen LogP contribution in [0.2, 0.25) is 0 Å². The zero-order valence-electron chi connectivity index (χ0n) is 13.4. The van der Waals surface area contributed by atoms with Crippen molar-refractivity contribution >= 4 is 24.2 Å². The molecule has 2 amide bonds. The van der Waals surface area contributed by atoms with Gasteiger partial charge in [-0.15, -0.1) is 12.4 Å². The van der Waals surface area contributed by atoms with Crippen LogP contribution in [0.4, 0.5) is 0 Å². The molecule has 6 heteroatoms. The molecule has 2 aliphatic rings. The number of nitrogens with one attached hydrogen (secondary N) is 2. The molecule has 0 aromatic heterocycles. The molecule has 0 saturated carbocycles. The van der Waals surface area contributed by atoms with Gasteiger partial charge in [0.1, 0.15) is 0 Å². The predicted octanol–water partition coefficient (Wildman–Crippen LogP) is 1.71. The molecule has 2 aliphatic heterocycles. The molecule has 5 nitrogen and oxygen atoms in total. The van der Waals surface area contributed by atoms with Gasteiger partial charge in [-0.3, -0.25) is 9.59 Å². The number of benzene rings is 1. The minimum Gasteiger partial charge on any atom is -0.352 e. The SMILES string of the molecule is CC(=O)NCc1ccc(C(=O)N2C3CCNCC2CC3)cc1.Cl. The van der Waals surface area contributed by atoms with Crippen molar-refractivity contribution in [1.82, 2.24) is 15.5 Å². The highest BCUT2D eigenvalue weighted by Gasteiger charge is 2.38. The Balaban J connectivity index is 0.00000192. The Labute approximate surface area is 143 Å². The Bertz CT molecular complexity index is 547. The third-order valence-corrected chi connectivity index (χ3v) is 4.63. The number of hydrogen-bond acceptors (Lipinski definition) is 3. The van der Waals surface area contributed by atoms with E-state index < -0.39 is 0 Å². The van der Waals surface area contributed by atoms with Gasteiger partial charge in [0.15, 0.2) is 0 Å². The van der Waals surface area contributed by atoms with E-state index in [1.165, 1.54) is 6.92 Å². The van der Waals surface area contributed by atoms with E-state index in [4.69, 9.17) is 0 Å². The van der Waals surface area contributed by atoms with Crippen LogP contribution in [0.15, 0.2) is 24.3 Å². The van der Waals surface area contributed by atoms with E-state index in [0.29, 0.717) is 18.6 Å². The number of hydrogen-bond donors (Lipinski definition) is 2. The fourth-order valence-corrected chi connectivity index (χ4v) is 3.45. The van der Waals surface area contributed by atoms with Crippen molar-refractivity contribution < 1.29 is 9.59 Å². The molecule has 3 rings (SSSR count). The van der Waals surface area contributed by atoms with Gasteiger partial charge in [-0.05, 0) is 43.5 Å². The molecule has 23 heavy (non-hydrogen) atoms. The lowest BCUT2D eigenvalue weighted by Crippen LogP contribution is -2.42. The molecule has 0 spiro atoms. The third kappa shape index (κ3) is 4.03. The molecule has 126 valence electrons. The van der Waals surface area contributed by atoms with Gasteiger partial charge in [0.2, 0.25) is 5.91 Å². The van der Waals surface area contributed by atoms with Crippen molar-refractivity contribution in [2.75, 3.05) is 13.1 Å². The molecule has 2 saturated heterocycles. The molecule has 1 aromatic rings. The monoisotopic (exact) mass is 337 g/mol. The molecule has 2 fully saturated rings. The van der Waals surface area contributed by atoms with Crippen LogP contribution in [0.1, 0.15) is 42.1 Å². The lowest BCUT2D eigenvalue weighted by Gasteiger charge is -2.28. The molecule has 1 aromatic carbocycles. The van der Waals surface area contributed by atoms with Crippen LogP contribution in [0.3, 0.4) is 0 Å². The topological polar surface area (TPSA) is 61.4 Å². The maximum Gasteiger partial charge on any atom is 0.254 e. The molecule has 2 N–H and O–H groups in total. The maximum atomic E-state index is 12.8. The number of carbonyl (C=O) groups is 2. The number of nitrogens with zero attached hydrogens (tertiary/aromatic N) is 1. The predicted molar refractivity (Wildman–Crippen MR) is 91.7 cm³/mol. The van der Waals surface area contributed by atoms with Gasteiger partial charge in [-0.1, -0.05) is 12.1 Å². The minimum atomic E-state index is -0.0474. The summed E-state index contributed by atoms with van der Waals surface area (Å²) in [6, 6.07) is 8.29. The van der Waals surface area contributed by atoms with Crippen LogP contribution < -0.4 is 10.6 Å². The molecule has 2 unspecified atom stereocenters. The summed E-state index contributed by atoms with van der Waals surface area (Å²) in [5, 5.41) is 6.18. The number of amides is 2. The van der Waals surface area contributed by atoms with Gasteiger partial charge in [0.05, 0.1) is 0 Å². The van der Waals surface area contributed by atoms with Crippen LogP contribution in [-0.2, 0) is 11.3 Å². The highest BCUT2D eigenvalue weighted by molar-refractivity contribution is 5.95. The van der Waals surface area contributed by atoms with E-state index in [2.05, 4.69) is 15.5 Å². The summed E-state index contributed by atoms with van der Waals surface area (Å²) < 4.78 is 0. The summed E-state index contributed by atoms with van der Waals surface area (Å²) in [6.07, 6.45) is 3.27. The van der Waals surface area contributed by atoms with E-state index in [0.717, 1.165) is 43.5 Å². The molecule has 0 aliphatic carbocycles. The lowest BCUT2D eigenvalue weighted by molar-refractivity contribution is -0.119. The maximum absolute atomic E-state index is 12.8. The Morgan fingerprint density at radius 1 is 1.17 bits per heavy atom. The average molecular weight is 338 g/mol. The van der Waals surface area contributed by atoms with Crippen LogP contribution >= 0.6 is 12.4 Å². The van der Waals surface area contributed by atoms with Gasteiger partial charge in [-0.25, -0.2) is 0 Å². The first kappa shape index (κ1) is 17.8. The average Bonchev–Trinajstić information content (AvgIpc) is 2.78. The third-order valence-electron chi connectivity index (χ3n) is 4.63. The second kappa shape index (κ2) is 7.79. The van der Waals surface area contributed by atoms with Crippen LogP contribution in [0.25, 0.3) is 0 Å². The van der Waals surface area contributed by atoms with Crippen molar-refractivity contribution in [1.29, 1.82) is 0 Å². The largest absolute Gasteiger partial charge is 0.352 e. The fraction of sp³-hybridized carbons (Fsp3) is 0.529. The van der Waals surface area contributed by atoms with Crippen LogP contribution in [-0.4, -0.2) is 41.9 Å². The Kier molecular flexibility index (Phi) is 6.02. The smallest absolute Gasteiger partial charge is 0.254 e. The van der Waals surface area contributed by atoms with Gasteiger partial charge < -0.3 is 15.5 Å². The van der Waals surface area contributed by atoms with Crippen LogP contribution in [0.5, 0.6) is 0 Å².